The van der Waals surface area contributed by atoms with Crippen molar-refractivity contribution in [3.63, 3.8) is 0 Å². The van der Waals surface area contributed by atoms with Gasteiger partial charge in [0.15, 0.2) is 0 Å². The summed E-state index contributed by atoms with van der Waals surface area (Å²) in [4.78, 5) is 11.5. The molecule has 94 valence electrons. The SMILES string of the molecule is CC(C)(C)OC(=O)Nc1ccc(CO)c(Br)c1. The number of aliphatic hydroxyl groups is 1. The van der Waals surface area contributed by atoms with E-state index in [9.17, 15) is 4.79 Å². The lowest BCUT2D eigenvalue weighted by molar-refractivity contribution is 0.0636. The molecule has 0 aromatic heterocycles. The van der Waals surface area contributed by atoms with E-state index in [0.29, 0.717) is 5.69 Å². The number of hydrogen-bond donors (Lipinski definition) is 2. The second kappa shape index (κ2) is 5.51. The molecule has 0 aliphatic carbocycles. The molecule has 0 atom stereocenters. The van der Waals surface area contributed by atoms with Gasteiger partial charge < -0.3 is 9.84 Å². The number of carbonyl (C=O) groups is 1. The van der Waals surface area contributed by atoms with Gasteiger partial charge in [-0.1, -0.05) is 22.0 Å². The predicted molar refractivity (Wildman–Crippen MR) is 69.9 cm³/mol. The number of ether oxygens (including phenoxy) is 1. The quantitative estimate of drug-likeness (QED) is 0.881. The second-order valence-corrected chi connectivity index (χ2v) is 5.45. The van der Waals surface area contributed by atoms with Gasteiger partial charge in [-0.25, -0.2) is 4.79 Å². The molecule has 2 N–H and O–H groups in total. The van der Waals surface area contributed by atoms with Gasteiger partial charge in [0.05, 0.1) is 6.61 Å². The van der Waals surface area contributed by atoms with E-state index in [-0.39, 0.29) is 6.61 Å². The number of aliphatic hydroxyl groups excluding tert-OH is 1. The number of carbonyl (C=O) groups excluding carboxylic acids is 1. The molecule has 0 saturated carbocycles. The summed E-state index contributed by atoms with van der Waals surface area (Å²) in [5.41, 5.74) is 0.856. The Morgan fingerprint density at radius 2 is 2.12 bits per heavy atom. The van der Waals surface area contributed by atoms with E-state index in [2.05, 4.69) is 21.2 Å². The summed E-state index contributed by atoms with van der Waals surface area (Å²) < 4.78 is 5.87. The van der Waals surface area contributed by atoms with Gasteiger partial charge in [0, 0.05) is 10.2 Å². The molecular formula is C12H16BrNO3. The van der Waals surface area contributed by atoms with Crippen molar-refractivity contribution in [1.29, 1.82) is 0 Å². The minimum Gasteiger partial charge on any atom is -0.444 e. The molecule has 0 aliphatic heterocycles. The average Bonchev–Trinajstić information content (AvgIpc) is 2.14. The number of benzene rings is 1. The fraction of sp³-hybridized carbons (Fsp3) is 0.417. The second-order valence-electron chi connectivity index (χ2n) is 4.59. The van der Waals surface area contributed by atoms with Crippen LogP contribution in [0.3, 0.4) is 0 Å². The summed E-state index contributed by atoms with van der Waals surface area (Å²) in [6.07, 6.45) is -0.499. The van der Waals surface area contributed by atoms with Crippen molar-refractivity contribution in [3.8, 4) is 0 Å². The highest BCUT2D eigenvalue weighted by atomic mass is 79.9. The van der Waals surface area contributed by atoms with Crippen LogP contribution in [0.5, 0.6) is 0 Å². The predicted octanol–water partition coefficient (Wildman–Crippen LogP) is 3.29. The zero-order valence-corrected chi connectivity index (χ0v) is 11.7. The lowest BCUT2D eigenvalue weighted by Gasteiger charge is -2.19. The Labute approximate surface area is 109 Å². The summed E-state index contributed by atoms with van der Waals surface area (Å²) in [7, 11) is 0. The number of rotatable bonds is 2. The van der Waals surface area contributed by atoms with Crippen LogP contribution in [0.25, 0.3) is 0 Å². The molecule has 1 aromatic rings. The molecule has 5 heteroatoms. The Bertz CT molecular complexity index is 413. The number of halogens is 1. The van der Waals surface area contributed by atoms with Gasteiger partial charge in [0.25, 0.3) is 0 Å². The molecule has 4 nitrogen and oxygen atoms in total. The largest absolute Gasteiger partial charge is 0.444 e. The zero-order valence-electron chi connectivity index (χ0n) is 10.1. The van der Waals surface area contributed by atoms with E-state index < -0.39 is 11.7 Å². The standard InChI is InChI=1S/C12H16BrNO3/c1-12(2,3)17-11(16)14-9-5-4-8(7-15)10(13)6-9/h4-6,15H,7H2,1-3H3,(H,14,16). The van der Waals surface area contributed by atoms with Crippen LogP contribution in [0.1, 0.15) is 26.3 Å². The first-order valence-corrected chi connectivity index (χ1v) is 6.00. The first kappa shape index (κ1) is 14.0. The normalized spacial score (nSPS) is 11.1. The Balaban J connectivity index is 2.69. The number of nitrogens with one attached hydrogen (secondary N) is 1. The minimum absolute atomic E-state index is 0.0483. The first-order valence-electron chi connectivity index (χ1n) is 5.21. The average molecular weight is 302 g/mol. The third kappa shape index (κ3) is 4.75. The lowest BCUT2D eigenvalue weighted by Crippen LogP contribution is -2.27. The summed E-state index contributed by atoms with van der Waals surface area (Å²) in [5.74, 6) is 0. The van der Waals surface area contributed by atoms with Crippen molar-refractivity contribution in [1.82, 2.24) is 0 Å². The van der Waals surface area contributed by atoms with Crippen molar-refractivity contribution in [3.05, 3.63) is 28.2 Å². The maximum absolute atomic E-state index is 11.5. The fourth-order valence-corrected chi connectivity index (χ4v) is 1.68. The molecular weight excluding hydrogens is 286 g/mol. The monoisotopic (exact) mass is 301 g/mol. The van der Waals surface area contributed by atoms with Crippen molar-refractivity contribution in [2.24, 2.45) is 0 Å². The topological polar surface area (TPSA) is 58.6 Å². The van der Waals surface area contributed by atoms with E-state index >= 15 is 0 Å². The molecule has 17 heavy (non-hydrogen) atoms. The van der Waals surface area contributed by atoms with Crippen LogP contribution in [-0.4, -0.2) is 16.8 Å². The smallest absolute Gasteiger partial charge is 0.412 e. The molecule has 0 aliphatic rings. The molecule has 1 aromatic carbocycles. The lowest BCUT2D eigenvalue weighted by atomic mass is 10.2. The first-order chi connectivity index (χ1) is 7.81. The molecule has 0 unspecified atom stereocenters. The Hall–Kier alpha value is -1.07. The third-order valence-electron chi connectivity index (χ3n) is 1.87. The Morgan fingerprint density at radius 1 is 1.47 bits per heavy atom. The van der Waals surface area contributed by atoms with Crippen LogP contribution in [-0.2, 0) is 11.3 Å². The number of amides is 1. The summed E-state index contributed by atoms with van der Waals surface area (Å²) in [6, 6.07) is 5.16. The zero-order chi connectivity index (χ0) is 13.1. The molecule has 0 spiro atoms. The molecule has 0 saturated heterocycles. The van der Waals surface area contributed by atoms with Crippen LogP contribution in [0, 0.1) is 0 Å². The highest BCUT2D eigenvalue weighted by Crippen LogP contribution is 2.22. The van der Waals surface area contributed by atoms with Crippen LogP contribution in [0.15, 0.2) is 22.7 Å². The van der Waals surface area contributed by atoms with Gasteiger partial charge in [-0.05, 0) is 38.5 Å². The summed E-state index contributed by atoms with van der Waals surface area (Å²) in [5, 5.41) is 11.6. The van der Waals surface area contributed by atoms with Gasteiger partial charge in [-0.3, -0.25) is 5.32 Å². The number of hydrogen-bond acceptors (Lipinski definition) is 3. The Kier molecular flexibility index (Phi) is 4.54. The highest BCUT2D eigenvalue weighted by Gasteiger charge is 2.16. The molecule has 0 radical (unpaired) electrons. The van der Waals surface area contributed by atoms with Crippen molar-refractivity contribution < 1.29 is 14.6 Å². The van der Waals surface area contributed by atoms with E-state index in [0.717, 1.165) is 10.0 Å². The summed E-state index contributed by atoms with van der Waals surface area (Å²) >= 11 is 3.31. The molecule has 0 bridgehead atoms. The van der Waals surface area contributed by atoms with E-state index in [1.54, 1.807) is 39.0 Å². The van der Waals surface area contributed by atoms with Crippen LogP contribution < -0.4 is 5.32 Å². The van der Waals surface area contributed by atoms with Crippen molar-refractivity contribution in [2.75, 3.05) is 5.32 Å². The third-order valence-corrected chi connectivity index (χ3v) is 2.61. The van der Waals surface area contributed by atoms with Gasteiger partial charge in [0.1, 0.15) is 5.60 Å². The van der Waals surface area contributed by atoms with Gasteiger partial charge >= 0.3 is 6.09 Å². The highest BCUT2D eigenvalue weighted by molar-refractivity contribution is 9.10. The molecule has 0 fully saturated rings. The van der Waals surface area contributed by atoms with Gasteiger partial charge in [-0.15, -0.1) is 0 Å². The fourth-order valence-electron chi connectivity index (χ4n) is 1.17. The van der Waals surface area contributed by atoms with Gasteiger partial charge in [0.2, 0.25) is 0 Å². The van der Waals surface area contributed by atoms with E-state index in [4.69, 9.17) is 9.84 Å². The summed E-state index contributed by atoms with van der Waals surface area (Å²) in [6.45, 7) is 5.36. The molecule has 1 amide bonds. The van der Waals surface area contributed by atoms with E-state index in [1.165, 1.54) is 0 Å². The van der Waals surface area contributed by atoms with Crippen LogP contribution in [0.4, 0.5) is 10.5 Å². The minimum atomic E-state index is -0.521. The van der Waals surface area contributed by atoms with Gasteiger partial charge in [-0.2, -0.15) is 0 Å². The van der Waals surface area contributed by atoms with Crippen molar-refractivity contribution >= 4 is 27.7 Å². The maximum Gasteiger partial charge on any atom is 0.412 e. The molecule has 1 rings (SSSR count). The maximum atomic E-state index is 11.5. The number of anilines is 1. The van der Waals surface area contributed by atoms with Crippen molar-refractivity contribution in [2.45, 2.75) is 33.0 Å². The van der Waals surface area contributed by atoms with Crippen LogP contribution >= 0.6 is 15.9 Å². The van der Waals surface area contributed by atoms with Crippen LogP contribution in [0.2, 0.25) is 0 Å². The molecule has 0 heterocycles. The van der Waals surface area contributed by atoms with E-state index in [1.807, 2.05) is 0 Å². The Morgan fingerprint density at radius 3 is 2.59 bits per heavy atom.